The smallest absolute Gasteiger partial charge is 0.160 e. The van der Waals surface area contributed by atoms with E-state index in [1.165, 1.54) is 5.56 Å². The van der Waals surface area contributed by atoms with E-state index in [0.29, 0.717) is 11.1 Å². The highest BCUT2D eigenvalue weighted by Crippen LogP contribution is 2.51. The van der Waals surface area contributed by atoms with E-state index in [2.05, 4.69) is 131 Å². The Bertz CT molecular complexity index is 2840. The van der Waals surface area contributed by atoms with Gasteiger partial charge in [0.15, 0.2) is 5.58 Å². The maximum atomic E-state index is 10.6. The number of aromatic nitrogens is 1. The Morgan fingerprint density at radius 2 is 1.45 bits per heavy atom. The fraction of sp³-hybridized carbons (Fsp3) is 0.0455. The number of hydrogen-bond donors (Lipinski definition) is 0. The van der Waals surface area contributed by atoms with E-state index in [1.807, 2.05) is 30.3 Å². The molecular formula is C44H26N4O. The molecule has 0 saturated heterocycles. The molecule has 2 unspecified atom stereocenters. The van der Waals surface area contributed by atoms with Crippen molar-refractivity contribution in [3.8, 4) is 29.0 Å². The molecule has 2 atom stereocenters. The number of fused-ring (bicyclic) bond motifs is 10. The van der Waals surface area contributed by atoms with Gasteiger partial charge in [-0.1, -0.05) is 103 Å². The summed E-state index contributed by atoms with van der Waals surface area (Å²) in [5.74, 6) is 0.140. The quantitative estimate of drug-likeness (QED) is 0.196. The van der Waals surface area contributed by atoms with Gasteiger partial charge < -0.3 is 13.9 Å². The van der Waals surface area contributed by atoms with Crippen LogP contribution in [0.3, 0.4) is 0 Å². The van der Waals surface area contributed by atoms with Crippen molar-refractivity contribution in [2.75, 3.05) is 4.90 Å². The molecule has 2 aliphatic rings. The van der Waals surface area contributed by atoms with Gasteiger partial charge in [-0.2, -0.15) is 10.5 Å². The summed E-state index contributed by atoms with van der Waals surface area (Å²) in [6, 6.07) is 46.4. The predicted octanol–water partition coefficient (Wildman–Crippen LogP) is 10.8. The molecule has 0 fully saturated rings. The molecule has 8 aromatic rings. The average Bonchev–Trinajstić information content (AvgIpc) is 3.82. The van der Waals surface area contributed by atoms with Crippen LogP contribution in [0.25, 0.3) is 60.6 Å². The number of nitrogens with zero attached hydrogens (tertiary/aromatic N) is 4. The summed E-state index contributed by atoms with van der Waals surface area (Å²) in [6.07, 6.45) is 8.59. The van der Waals surface area contributed by atoms with E-state index in [-0.39, 0.29) is 12.0 Å². The number of benzene rings is 6. The van der Waals surface area contributed by atoms with Gasteiger partial charge in [0, 0.05) is 44.4 Å². The Morgan fingerprint density at radius 3 is 2.35 bits per heavy atom. The van der Waals surface area contributed by atoms with Gasteiger partial charge in [-0.05, 0) is 53.6 Å². The molecule has 0 radical (unpaired) electrons. The second-order valence-electron chi connectivity index (χ2n) is 12.7. The number of hydrogen-bond acceptors (Lipinski definition) is 4. The van der Waals surface area contributed by atoms with E-state index >= 15 is 0 Å². The Hall–Kier alpha value is -6.82. The Labute approximate surface area is 282 Å². The van der Waals surface area contributed by atoms with Crippen LogP contribution in [0.1, 0.15) is 22.6 Å². The van der Waals surface area contributed by atoms with Crippen molar-refractivity contribution in [1.82, 2.24) is 4.57 Å². The Balaban J connectivity index is 1.25. The molecule has 0 amide bonds. The third-order valence-electron chi connectivity index (χ3n) is 10.2. The molecular weight excluding hydrogens is 601 g/mol. The summed E-state index contributed by atoms with van der Waals surface area (Å²) in [4.78, 5) is 2.26. The largest absolute Gasteiger partial charge is 0.454 e. The fourth-order valence-electron chi connectivity index (χ4n) is 8.14. The number of rotatable bonds is 3. The Morgan fingerprint density at radius 1 is 0.653 bits per heavy atom. The first kappa shape index (κ1) is 27.3. The lowest BCUT2D eigenvalue weighted by atomic mass is 9.90. The fourth-order valence-corrected chi connectivity index (χ4v) is 8.14. The van der Waals surface area contributed by atoms with Gasteiger partial charge in [0.05, 0.1) is 33.9 Å². The van der Waals surface area contributed by atoms with Gasteiger partial charge >= 0.3 is 0 Å². The highest BCUT2D eigenvalue weighted by atomic mass is 16.3. The number of allylic oxidation sites excluding steroid dienone is 2. The lowest BCUT2D eigenvalue weighted by Crippen LogP contribution is -2.29. The summed E-state index contributed by atoms with van der Waals surface area (Å²) in [6.45, 7) is 0. The van der Waals surface area contributed by atoms with E-state index < -0.39 is 0 Å². The molecule has 228 valence electrons. The van der Waals surface area contributed by atoms with Crippen LogP contribution in [0.15, 0.2) is 150 Å². The zero-order valence-electron chi connectivity index (χ0n) is 26.2. The van der Waals surface area contributed by atoms with Crippen molar-refractivity contribution in [3.05, 3.63) is 162 Å². The average molecular weight is 627 g/mol. The minimum Gasteiger partial charge on any atom is -0.454 e. The topological polar surface area (TPSA) is 68.9 Å². The summed E-state index contributed by atoms with van der Waals surface area (Å²) in [7, 11) is 0. The zero-order valence-corrected chi connectivity index (χ0v) is 26.2. The van der Waals surface area contributed by atoms with Crippen LogP contribution in [0.2, 0.25) is 0 Å². The zero-order chi connectivity index (χ0) is 32.6. The van der Waals surface area contributed by atoms with Crippen LogP contribution in [-0.2, 0) is 0 Å². The molecule has 3 heterocycles. The maximum absolute atomic E-state index is 10.6. The van der Waals surface area contributed by atoms with Crippen LogP contribution in [0.4, 0.5) is 11.4 Å². The summed E-state index contributed by atoms with van der Waals surface area (Å²) >= 11 is 0. The van der Waals surface area contributed by atoms with Gasteiger partial charge in [-0.25, -0.2) is 0 Å². The highest BCUT2D eigenvalue weighted by molar-refractivity contribution is 6.21. The summed E-state index contributed by atoms with van der Waals surface area (Å²) in [5, 5.41) is 25.2. The van der Waals surface area contributed by atoms with Crippen molar-refractivity contribution in [2.45, 2.75) is 12.0 Å². The van der Waals surface area contributed by atoms with E-state index in [9.17, 15) is 10.5 Å². The second-order valence-corrected chi connectivity index (χ2v) is 12.7. The highest BCUT2D eigenvalue weighted by Gasteiger charge is 2.39. The number of para-hydroxylation sites is 3. The number of furan rings is 1. The maximum Gasteiger partial charge on any atom is 0.160 e. The normalized spacial score (nSPS) is 16.3. The third kappa shape index (κ3) is 3.79. The van der Waals surface area contributed by atoms with Crippen molar-refractivity contribution in [3.63, 3.8) is 0 Å². The molecule has 6 aromatic carbocycles. The van der Waals surface area contributed by atoms with Crippen LogP contribution < -0.4 is 4.90 Å². The molecule has 0 N–H and O–H groups in total. The van der Waals surface area contributed by atoms with Crippen LogP contribution >= 0.6 is 0 Å². The van der Waals surface area contributed by atoms with Crippen molar-refractivity contribution >= 4 is 55.1 Å². The molecule has 2 aromatic heterocycles. The SMILES string of the molecule is N#Cc1ccc(-c2cccc(-n3c4ccccc4c4ccc5c6ccccc6oc5c43)c2)c(N2c3ccccc3C3C=CC=CC32)c1C#N. The molecule has 0 saturated carbocycles. The van der Waals surface area contributed by atoms with Crippen molar-refractivity contribution in [1.29, 1.82) is 10.5 Å². The lowest BCUT2D eigenvalue weighted by molar-refractivity contribution is 0.671. The van der Waals surface area contributed by atoms with Gasteiger partial charge in [-0.15, -0.1) is 0 Å². The standard InChI is InChI=1S/C44H26N4O/c45-25-28-20-21-30(42(37(28)26-46)48-39-17-6-1-12-31(39)32-13-2-7-18-40(32)48)27-10-9-11-29(24-27)47-38-16-5-3-14-33(38)35-22-23-36-34-15-4-8-19-41(34)49-44(36)43(35)47/h1-24,31,39H. The van der Waals surface area contributed by atoms with E-state index in [4.69, 9.17) is 4.42 Å². The molecule has 1 aliphatic heterocycles. The second kappa shape index (κ2) is 10.3. The number of anilines is 2. The molecule has 0 spiro atoms. The first-order valence-corrected chi connectivity index (χ1v) is 16.4. The number of nitriles is 2. The molecule has 5 heteroatoms. The first-order chi connectivity index (χ1) is 24.2. The Kier molecular flexibility index (Phi) is 5.76. The minimum atomic E-state index is -0.0240. The van der Waals surface area contributed by atoms with Gasteiger partial charge in [0.2, 0.25) is 0 Å². The molecule has 1 aliphatic carbocycles. The van der Waals surface area contributed by atoms with Crippen LogP contribution in [0.5, 0.6) is 0 Å². The van der Waals surface area contributed by atoms with E-state index in [0.717, 1.165) is 71.9 Å². The molecule has 10 rings (SSSR count). The van der Waals surface area contributed by atoms with Gasteiger partial charge in [0.25, 0.3) is 0 Å². The summed E-state index contributed by atoms with van der Waals surface area (Å²) in [5.41, 5.74) is 10.4. The van der Waals surface area contributed by atoms with Crippen LogP contribution in [0, 0.1) is 22.7 Å². The minimum absolute atomic E-state index is 0.0240. The molecule has 49 heavy (non-hydrogen) atoms. The lowest BCUT2D eigenvalue weighted by Gasteiger charge is -2.31. The van der Waals surface area contributed by atoms with Crippen molar-refractivity contribution < 1.29 is 4.42 Å². The van der Waals surface area contributed by atoms with Crippen molar-refractivity contribution in [2.24, 2.45) is 0 Å². The first-order valence-electron chi connectivity index (χ1n) is 16.4. The monoisotopic (exact) mass is 626 g/mol. The van der Waals surface area contributed by atoms with Crippen LogP contribution in [-0.4, -0.2) is 10.6 Å². The molecule has 5 nitrogen and oxygen atoms in total. The predicted molar refractivity (Wildman–Crippen MR) is 196 cm³/mol. The third-order valence-corrected chi connectivity index (χ3v) is 10.2. The van der Waals surface area contributed by atoms with Gasteiger partial charge in [0.1, 0.15) is 17.7 Å². The van der Waals surface area contributed by atoms with Gasteiger partial charge in [-0.3, -0.25) is 0 Å². The summed E-state index contributed by atoms with van der Waals surface area (Å²) < 4.78 is 8.89. The van der Waals surface area contributed by atoms with E-state index in [1.54, 1.807) is 6.07 Å². The molecule has 0 bridgehead atoms.